The van der Waals surface area contributed by atoms with Crippen LogP contribution >= 0.6 is 15.2 Å². The van der Waals surface area contributed by atoms with E-state index in [0.29, 0.717) is 0 Å². The van der Waals surface area contributed by atoms with Gasteiger partial charge in [-0.1, -0.05) is 0 Å². The van der Waals surface area contributed by atoms with Crippen LogP contribution in [0.5, 0.6) is 0 Å². The molecule has 0 aromatic heterocycles. The second kappa shape index (κ2) is 6.18. The highest BCUT2D eigenvalue weighted by Crippen LogP contribution is 2.48. The molecule has 2 radical (unpaired) electrons. The molecule has 0 N–H and O–H groups in total. The highest BCUT2D eigenvalue weighted by molar-refractivity contribution is 7.53. The van der Waals surface area contributed by atoms with Gasteiger partial charge < -0.3 is 27.8 Å². The fourth-order valence-corrected chi connectivity index (χ4v) is 3.31. The molecule has 0 bridgehead atoms. The van der Waals surface area contributed by atoms with E-state index in [1.54, 1.807) is 0 Å². The van der Waals surface area contributed by atoms with Gasteiger partial charge in [0.1, 0.15) is 15.4 Å². The van der Waals surface area contributed by atoms with Crippen LogP contribution in [0.15, 0.2) is 0 Å². The normalized spacial score (nSPS) is 35.0. The molecule has 5 atom stereocenters. The molecule has 0 spiro atoms. The van der Waals surface area contributed by atoms with Crippen LogP contribution < -0.4 is 4.89 Å². The van der Waals surface area contributed by atoms with Gasteiger partial charge in [0.25, 0.3) is 0 Å². The summed E-state index contributed by atoms with van der Waals surface area (Å²) in [7, 11) is 0.658. The third-order valence-electron chi connectivity index (χ3n) is 2.57. The van der Waals surface area contributed by atoms with Gasteiger partial charge in [-0.3, -0.25) is 4.57 Å². The summed E-state index contributed by atoms with van der Waals surface area (Å²) in [6, 6.07) is -0.659. The van der Waals surface area contributed by atoms with Crippen molar-refractivity contribution in [1.82, 2.24) is 0 Å². The van der Waals surface area contributed by atoms with Crippen molar-refractivity contribution in [3.8, 4) is 0 Å². The van der Waals surface area contributed by atoms with Gasteiger partial charge in [0, 0.05) is 33.0 Å². The maximum atomic E-state index is 11.7. The molecule has 1 aliphatic heterocycles. The van der Waals surface area contributed by atoms with E-state index < -0.39 is 33.4 Å². The first-order chi connectivity index (χ1) is 8.19. The number of rotatable bonds is 6. The molecule has 0 aliphatic carbocycles. The average molecular weight is 297 g/mol. The average Bonchev–Trinajstić information content (AvgIpc) is 2.57. The topological polar surface area (TPSA) is 94.1 Å². The molecule has 0 saturated carbocycles. The van der Waals surface area contributed by atoms with Crippen LogP contribution in [0, 0.1) is 0 Å². The van der Waals surface area contributed by atoms with Gasteiger partial charge in [0.15, 0.2) is 0 Å². The second-order valence-electron chi connectivity index (χ2n) is 4.02. The first-order valence-corrected chi connectivity index (χ1v) is 8.99. The van der Waals surface area contributed by atoms with E-state index in [4.69, 9.17) is 21.6 Å². The van der Waals surface area contributed by atoms with Gasteiger partial charge >= 0.3 is 7.60 Å². The van der Waals surface area contributed by atoms with Crippen molar-refractivity contribution < 1.29 is 32.3 Å². The Hall–Kier alpha value is 0.325. The molecule has 0 aromatic carbocycles. The molecule has 18 heavy (non-hydrogen) atoms. The zero-order valence-electron chi connectivity index (χ0n) is 10.5. The van der Waals surface area contributed by atoms with E-state index in [0.717, 1.165) is 7.11 Å². The summed E-state index contributed by atoms with van der Waals surface area (Å²) in [5.41, 5.74) is 0. The predicted molar refractivity (Wildman–Crippen MR) is 63.9 cm³/mol. The van der Waals surface area contributed by atoms with Crippen LogP contribution in [0.4, 0.5) is 0 Å². The summed E-state index contributed by atoms with van der Waals surface area (Å²) in [5, 5.41) is 0. The molecular formula is C8H16BO7P2-. The van der Waals surface area contributed by atoms with E-state index in [1.807, 2.05) is 0 Å². The minimum absolute atomic E-state index is 0.246. The Morgan fingerprint density at radius 2 is 2.00 bits per heavy atom. The molecule has 1 saturated heterocycles. The molecule has 0 aromatic rings. The lowest BCUT2D eigenvalue weighted by atomic mass is 9.96. The highest BCUT2D eigenvalue weighted by atomic mass is 31.2. The van der Waals surface area contributed by atoms with Gasteiger partial charge in [0.05, 0.1) is 12.2 Å². The summed E-state index contributed by atoms with van der Waals surface area (Å²) in [6.45, 7) is 1.29. The molecule has 104 valence electrons. The maximum Gasteiger partial charge on any atom is 0.327 e. The van der Waals surface area contributed by atoms with Crippen molar-refractivity contribution in [3.05, 3.63) is 0 Å². The molecule has 5 unspecified atom stereocenters. The fraction of sp³-hybridized carbons (Fsp3) is 1.00. The Kier molecular flexibility index (Phi) is 5.63. The Balaban J connectivity index is 2.71. The van der Waals surface area contributed by atoms with Crippen molar-refractivity contribution in [1.29, 1.82) is 0 Å². The zero-order chi connectivity index (χ0) is 14.0. The van der Waals surface area contributed by atoms with E-state index in [2.05, 4.69) is 4.52 Å². The predicted octanol–water partition coefficient (Wildman–Crippen LogP) is 0.324. The van der Waals surface area contributed by atoms with Crippen LogP contribution in [0.2, 0.25) is 0 Å². The largest absolute Gasteiger partial charge is 0.778 e. The summed E-state index contributed by atoms with van der Waals surface area (Å²) in [5.74, 6) is 0. The van der Waals surface area contributed by atoms with Crippen LogP contribution in [0.1, 0.15) is 6.42 Å². The Bertz CT molecular complexity index is 342. The van der Waals surface area contributed by atoms with E-state index in [-0.39, 0.29) is 12.6 Å². The lowest BCUT2D eigenvalue weighted by molar-refractivity contribution is -0.198. The Morgan fingerprint density at radius 1 is 1.39 bits per heavy atom. The van der Waals surface area contributed by atoms with Gasteiger partial charge in [-0.2, -0.15) is 0 Å². The summed E-state index contributed by atoms with van der Waals surface area (Å²) >= 11 is 0. The van der Waals surface area contributed by atoms with Crippen LogP contribution in [0.3, 0.4) is 0 Å². The summed E-state index contributed by atoms with van der Waals surface area (Å²) < 4.78 is 42.6. The Morgan fingerprint density at radius 3 is 2.50 bits per heavy atom. The molecule has 1 aliphatic rings. The lowest BCUT2D eigenvalue weighted by Crippen LogP contribution is -2.29. The van der Waals surface area contributed by atoms with E-state index >= 15 is 0 Å². The molecule has 7 nitrogen and oxygen atoms in total. The zero-order valence-corrected chi connectivity index (χ0v) is 12.3. The second-order valence-corrected chi connectivity index (χ2v) is 8.09. The van der Waals surface area contributed by atoms with E-state index in [1.165, 1.54) is 13.8 Å². The van der Waals surface area contributed by atoms with Crippen molar-refractivity contribution in [2.45, 2.75) is 24.6 Å². The third kappa shape index (κ3) is 4.78. The van der Waals surface area contributed by atoms with Crippen LogP contribution in [0.25, 0.3) is 0 Å². The number of ether oxygens (including phenoxy) is 1. The molecule has 10 heteroatoms. The van der Waals surface area contributed by atoms with Crippen LogP contribution in [-0.2, 0) is 27.4 Å². The molecule has 1 fully saturated rings. The number of hydrogen-bond acceptors (Lipinski definition) is 7. The first-order valence-electron chi connectivity index (χ1n) is 5.27. The summed E-state index contributed by atoms with van der Waals surface area (Å²) in [4.78, 5) is 11.4. The molecular weight excluding hydrogens is 281 g/mol. The minimum Gasteiger partial charge on any atom is -0.778 e. The van der Waals surface area contributed by atoms with E-state index in [9.17, 15) is 14.0 Å². The minimum atomic E-state index is -4.00. The smallest absolute Gasteiger partial charge is 0.327 e. The molecule has 1 rings (SSSR count). The highest BCUT2D eigenvalue weighted by Gasteiger charge is 2.38. The Labute approximate surface area is 108 Å². The van der Waals surface area contributed by atoms with Crippen molar-refractivity contribution in [3.63, 3.8) is 0 Å². The molecule has 1 heterocycles. The van der Waals surface area contributed by atoms with Gasteiger partial charge in [-0.15, -0.1) is 0 Å². The van der Waals surface area contributed by atoms with Crippen molar-refractivity contribution in [2.24, 2.45) is 0 Å². The lowest BCUT2D eigenvalue weighted by Gasteiger charge is -2.28. The SMILES string of the molecule is [B]C1CC(OP(C)(=O)OC)C(CP(=O)([O-])OC)O1. The quantitative estimate of drug-likeness (QED) is 0.515. The monoisotopic (exact) mass is 297 g/mol. The van der Waals surface area contributed by atoms with Gasteiger partial charge in [-0.25, -0.2) is 0 Å². The fourth-order valence-electron chi connectivity index (χ4n) is 1.60. The molecule has 0 amide bonds. The van der Waals surface area contributed by atoms with Crippen molar-refractivity contribution in [2.75, 3.05) is 27.0 Å². The third-order valence-corrected chi connectivity index (χ3v) is 5.25. The standard InChI is InChI=1S/C8H17BO7P2/c1-13-17(3,10)16-6-4-8(9)15-7(6)5-18(11,12)14-2/h6-8H,4-5H2,1-3H3,(H,11,12)/p-1. The maximum absolute atomic E-state index is 11.7. The van der Waals surface area contributed by atoms with Crippen molar-refractivity contribution >= 4 is 23.0 Å². The summed E-state index contributed by atoms with van der Waals surface area (Å²) in [6.07, 6.45) is -1.65. The van der Waals surface area contributed by atoms with Crippen LogP contribution in [-0.4, -0.2) is 53.1 Å². The van der Waals surface area contributed by atoms with Gasteiger partial charge in [-0.05, 0) is 6.42 Å². The van der Waals surface area contributed by atoms with Gasteiger partial charge in [0.2, 0.25) is 0 Å². The first kappa shape index (κ1) is 16.4. The number of hydrogen-bond donors (Lipinski definition) is 0.